The Morgan fingerprint density at radius 1 is 1.50 bits per heavy atom. The van der Waals surface area contributed by atoms with Crippen LogP contribution < -0.4 is 0 Å². The van der Waals surface area contributed by atoms with Crippen LogP contribution in [0.2, 0.25) is 0 Å². The van der Waals surface area contributed by atoms with Crippen LogP contribution in [0.25, 0.3) is 5.57 Å². The summed E-state index contributed by atoms with van der Waals surface area (Å²) in [4.78, 5) is 6.15. The standard InChI is InChI=1S/C14H20N4/c1-4-12(9-15-2)13-10-16-18(11-13)14-5-7-17(3)8-6-14/h4,9-11,14H,1-2,5-8H2,3H3/b12-9+. The zero-order valence-electron chi connectivity index (χ0n) is 10.9. The number of nitrogens with zero attached hydrogens (tertiary/aromatic N) is 4. The van der Waals surface area contributed by atoms with Gasteiger partial charge in [-0.15, -0.1) is 0 Å². The van der Waals surface area contributed by atoms with Crippen molar-refractivity contribution in [3.8, 4) is 0 Å². The highest BCUT2D eigenvalue weighted by atomic mass is 15.3. The molecule has 1 aromatic heterocycles. The molecule has 0 bridgehead atoms. The van der Waals surface area contributed by atoms with Crippen molar-refractivity contribution in [2.24, 2.45) is 4.99 Å². The number of piperidine rings is 1. The van der Waals surface area contributed by atoms with Gasteiger partial charge in [0.05, 0.1) is 12.2 Å². The Bertz CT molecular complexity index is 450. The molecule has 4 heteroatoms. The lowest BCUT2D eigenvalue weighted by Gasteiger charge is -2.28. The summed E-state index contributed by atoms with van der Waals surface area (Å²) < 4.78 is 2.07. The number of allylic oxidation sites excluding steroid dienone is 2. The summed E-state index contributed by atoms with van der Waals surface area (Å²) in [5.74, 6) is 0. The molecule has 96 valence electrons. The molecule has 0 N–H and O–H groups in total. The zero-order valence-corrected chi connectivity index (χ0v) is 10.9. The van der Waals surface area contributed by atoms with Crippen LogP contribution in [-0.2, 0) is 0 Å². The molecule has 0 aromatic carbocycles. The molecule has 0 aliphatic carbocycles. The Hall–Kier alpha value is -1.68. The minimum atomic E-state index is 0.512. The lowest BCUT2D eigenvalue weighted by atomic mass is 10.1. The number of aromatic nitrogens is 2. The van der Waals surface area contributed by atoms with Crippen molar-refractivity contribution in [3.05, 3.63) is 36.8 Å². The van der Waals surface area contributed by atoms with Gasteiger partial charge in [-0.05, 0) is 39.7 Å². The zero-order chi connectivity index (χ0) is 13.0. The van der Waals surface area contributed by atoms with Gasteiger partial charge >= 0.3 is 0 Å². The Morgan fingerprint density at radius 3 is 2.83 bits per heavy atom. The van der Waals surface area contributed by atoms with Gasteiger partial charge in [-0.3, -0.25) is 9.67 Å². The van der Waals surface area contributed by atoms with E-state index in [4.69, 9.17) is 0 Å². The van der Waals surface area contributed by atoms with Crippen LogP contribution in [0.1, 0.15) is 24.4 Å². The van der Waals surface area contributed by atoms with Crippen molar-refractivity contribution in [1.82, 2.24) is 14.7 Å². The Morgan fingerprint density at radius 2 is 2.22 bits per heavy atom. The van der Waals surface area contributed by atoms with E-state index in [0.29, 0.717) is 6.04 Å². The average Bonchev–Trinajstić information content (AvgIpc) is 2.86. The molecule has 1 aliphatic heterocycles. The molecule has 1 fully saturated rings. The summed E-state index contributed by atoms with van der Waals surface area (Å²) in [7, 11) is 2.17. The van der Waals surface area contributed by atoms with Gasteiger partial charge in [0.2, 0.25) is 0 Å². The summed E-state index contributed by atoms with van der Waals surface area (Å²) >= 11 is 0. The van der Waals surface area contributed by atoms with Gasteiger partial charge in [0.25, 0.3) is 0 Å². The fraction of sp³-hybridized carbons (Fsp3) is 0.429. The third kappa shape index (κ3) is 2.76. The first-order valence-electron chi connectivity index (χ1n) is 6.26. The number of aliphatic imine (C=N–C) groups is 1. The molecule has 0 radical (unpaired) electrons. The van der Waals surface area contributed by atoms with E-state index in [1.54, 1.807) is 12.3 Å². The minimum absolute atomic E-state index is 0.512. The largest absolute Gasteiger partial charge is 0.306 e. The third-order valence-electron chi connectivity index (χ3n) is 3.45. The van der Waals surface area contributed by atoms with Crippen LogP contribution >= 0.6 is 0 Å². The molecule has 0 unspecified atom stereocenters. The molecule has 0 atom stereocenters. The fourth-order valence-electron chi connectivity index (χ4n) is 2.29. The second-order valence-electron chi connectivity index (χ2n) is 4.71. The Kier molecular flexibility index (Phi) is 4.10. The van der Waals surface area contributed by atoms with Gasteiger partial charge in [-0.1, -0.05) is 12.7 Å². The van der Waals surface area contributed by atoms with E-state index >= 15 is 0 Å². The maximum atomic E-state index is 4.46. The maximum Gasteiger partial charge on any atom is 0.0568 e. The fourth-order valence-corrected chi connectivity index (χ4v) is 2.29. The summed E-state index contributed by atoms with van der Waals surface area (Å²) in [5.41, 5.74) is 2.01. The van der Waals surface area contributed by atoms with Crippen LogP contribution in [0.15, 0.2) is 36.2 Å². The highest BCUT2D eigenvalue weighted by Crippen LogP contribution is 2.23. The molecule has 1 aromatic rings. The highest BCUT2D eigenvalue weighted by molar-refractivity contribution is 5.72. The van der Waals surface area contributed by atoms with Crippen molar-refractivity contribution >= 4 is 12.3 Å². The van der Waals surface area contributed by atoms with E-state index in [9.17, 15) is 0 Å². The summed E-state index contributed by atoms with van der Waals surface area (Å²) in [5, 5.41) is 4.46. The van der Waals surface area contributed by atoms with Gasteiger partial charge < -0.3 is 4.90 Å². The van der Waals surface area contributed by atoms with Gasteiger partial charge in [0.15, 0.2) is 0 Å². The molecule has 18 heavy (non-hydrogen) atoms. The van der Waals surface area contributed by atoms with Gasteiger partial charge in [-0.2, -0.15) is 5.10 Å². The summed E-state index contributed by atoms with van der Waals surface area (Å²) in [6.45, 7) is 9.53. The van der Waals surface area contributed by atoms with Gasteiger partial charge in [0, 0.05) is 23.5 Å². The van der Waals surface area contributed by atoms with Gasteiger partial charge in [0.1, 0.15) is 0 Å². The smallest absolute Gasteiger partial charge is 0.0568 e. The topological polar surface area (TPSA) is 33.4 Å². The van der Waals surface area contributed by atoms with Crippen molar-refractivity contribution in [1.29, 1.82) is 0 Å². The van der Waals surface area contributed by atoms with E-state index in [0.717, 1.165) is 37.1 Å². The number of likely N-dealkylation sites (tertiary alicyclic amines) is 1. The first kappa shape index (κ1) is 12.8. The van der Waals surface area contributed by atoms with Crippen LogP contribution in [0.5, 0.6) is 0 Å². The molecule has 2 heterocycles. The minimum Gasteiger partial charge on any atom is -0.306 e. The van der Waals surface area contributed by atoms with E-state index < -0.39 is 0 Å². The van der Waals surface area contributed by atoms with Crippen molar-refractivity contribution in [2.45, 2.75) is 18.9 Å². The molecule has 1 saturated heterocycles. The molecule has 0 amide bonds. The average molecular weight is 244 g/mol. The monoisotopic (exact) mass is 244 g/mol. The number of hydrogen-bond donors (Lipinski definition) is 0. The van der Waals surface area contributed by atoms with Crippen molar-refractivity contribution in [2.75, 3.05) is 20.1 Å². The van der Waals surface area contributed by atoms with Crippen molar-refractivity contribution < 1.29 is 0 Å². The first-order chi connectivity index (χ1) is 8.74. The molecule has 2 rings (SSSR count). The quantitative estimate of drug-likeness (QED) is 0.602. The van der Waals surface area contributed by atoms with Crippen LogP contribution in [-0.4, -0.2) is 41.5 Å². The third-order valence-corrected chi connectivity index (χ3v) is 3.45. The maximum absolute atomic E-state index is 4.46. The predicted molar refractivity (Wildman–Crippen MR) is 75.7 cm³/mol. The summed E-state index contributed by atoms with van der Waals surface area (Å²) in [6.07, 6.45) is 9.76. The van der Waals surface area contributed by atoms with Gasteiger partial charge in [-0.25, -0.2) is 0 Å². The van der Waals surface area contributed by atoms with E-state index in [1.165, 1.54) is 0 Å². The normalized spacial score (nSPS) is 18.8. The molecular weight excluding hydrogens is 224 g/mol. The lowest BCUT2D eigenvalue weighted by molar-refractivity contribution is 0.212. The van der Waals surface area contributed by atoms with E-state index in [-0.39, 0.29) is 0 Å². The second-order valence-corrected chi connectivity index (χ2v) is 4.71. The van der Waals surface area contributed by atoms with Crippen LogP contribution in [0.4, 0.5) is 0 Å². The number of rotatable bonds is 4. The predicted octanol–water partition coefficient (Wildman–Crippen LogP) is 2.38. The van der Waals surface area contributed by atoms with Crippen LogP contribution in [0, 0.1) is 0 Å². The SMILES string of the molecule is C=C/C(=C\N=C)c1cnn(C2CCN(C)CC2)c1. The van der Waals surface area contributed by atoms with Crippen LogP contribution in [0.3, 0.4) is 0 Å². The molecule has 0 saturated carbocycles. The van der Waals surface area contributed by atoms with Crippen molar-refractivity contribution in [3.63, 3.8) is 0 Å². The first-order valence-corrected chi connectivity index (χ1v) is 6.26. The molecule has 1 aliphatic rings. The van der Waals surface area contributed by atoms with E-state index in [2.05, 4.69) is 46.2 Å². The highest BCUT2D eigenvalue weighted by Gasteiger charge is 2.19. The van der Waals surface area contributed by atoms with E-state index in [1.807, 2.05) is 6.20 Å². The lowest BCUT2D eigenvalue weighted by Crippen LogP contribution is -2.31. The molecular formula is C14H20N4. The Labute approximate surface area is 108 Å². The molecule has 0 spiro atoms. The molecule has 4 nitrogen and oxygen atoms in total. The summed E-state index contributed by atoms with van der Waals surface area (Å²) in [6, 6.07) is 0.512. The second kappa shape index (κ2) is 5.78. The Balaban J connectivity index is 2.12. The number of hydrogen-bond acceptors (Lipinski definition) is 3.